The summed E-state index contributed by atoms with van der Waals surface area (Å²) in [4.78, 5) is 28.0. The van der Waals surface area contributed by atoms with Crippen molar-refractivity contribution in [2.75, 3.05) is 39.8 Å². The quantitative estimate of drug-likeness (QED) is 0.828. The Morgan fingerprint density at radius 1 is 1.05 bits per heavy atom. The third kappa shape index (κ3) is 3.95. The van der Waals surface area contributed by atoms with E-state index in [2.05, 4.69) is 17.1 Å². The van der Waals surface area contributed by atoms with Gasteiger partial charge in [-0.05, 0) is 44.7 Å². The van der Waals surface area contributed by atoms with Crippen molar-refractivity contribution in [1.29, 1.82) is 0 Å². The van der Waals surface area contributed by atoms with Crippen molar-refractivity contribution in [2.45, 2.75) is 32.6 Å². The number of piperidine rings is 2. The molecule has 0 unspecified atom stereocenters. The first-order chi connectivity index (χ1) is 9.60. The molecule has 114 valence electrons. The van der Waals surface area contributed by atoms with Gasteiger partial charge in [0.15, 0.2) is 0 Å². The lowest BCUT2D eigenvalue weighted by atomic mass is 9.96. The van der Waals surface area contributed by atoms with Gasteiger partial charge in [-0.15, -0.1) is 0 Å². The third-order valence-corrected chi connectivity index (χ3v) is 4.70. The Balaban J connectivity index is 1.72. The molecule has 2 aliphatic rings. The lowest BCUT2D eigenvalue weighted by Gasteiger charge is -2.34. The first-order valence-electron chi connectivity index (χ1n) is 7.82. The molecule has 0 bridgehead atoms. The van der Waals surface area contributed by atoms with Gasteiger partial charge in [0.25, 0.3) is 0 Å². The van der Waals surface area contributed by atoms with Crippen LogP contribution in [-0.4, -0.2) is 61.4 Å². The van der Waals surface area contributed by atoms with Gasteiger partial charge >= 0.3 is 0 Å². The first-order valence-corrected chi connectivity index (χ1v) is 7.82. The zero-order chi connectivity index (χ0) is 14.5. The van der Waals surface area contributed by atoms with E-state index in [-0.39, 0.29) is 17.7 Å². The Labute approximate surface area is 121 Å². The fourth-order valence-corrected chi connectivity index (χ4v) is 3.11. The highest BCUT2D eigenvalue weighted by atomic mass is 16.2. The Bertz CT molecular complexity index is 343. The molecule has 1 N–H and O–H groups in total. The lowest BCUT2D eigenvalue weighted by Crippen LogP contribution is -2.47. The molecular formula is C15H27N3O2. The fourth-order valence-electron chi connectivity index (χ4n) is 3.11. The topological polar surface area (TPSA) is 52.7 Å². The Morgan fingerprint density at radius 3 is 2.20 bits per heavy atom. The maximum Gasteiger partial charge on any atom is 0.236 e. The fraction of sp³-hybridized carbons (Fsp3) is 0.867. The van der Waals surface area contributed by atoms with E-state index in [1.807, 2.05) is 4.90 Å². The minimum atomic E-state index is 0.127. The summed E-state index contributed by atoms with van der Waals surface area (Å²) >= 11 is 0. The summed E-state index contributed by atoms with van der Waals surface area (Å²) in [6, 6.07) is 0. The normalized spacial score (nSPS) is 22.8. The number of carbonyl (C=O) groups is 2. The van der Waals surface area contributed by atoms with Crippen LogP contribution in [0.3, 0.4) is 0 Å². The van der Waals surface area contributed by atoms with E-state index in [0.717, 1.165) is 57.8 Å². The molecule has 5 heteroatoms. The minimum Gasteiger partial charge on any atom is -0.359 e. The number of hydrogen-bond donors (Lipinski definition) is 1. The van der Waals surface area contributed by atoms with Gasteiger partial charge in [-0.25, -0.2) is 0 Å². The summed E-state index contributed by atoms with van der Waals surface area (Å²) < 4.78 is 0. The van der Waals surface area contributed by atoms with Crippen LogP contribution in [0.5, 0.6) is 0 Å². The predicted octanol–water partition coefficient (Wildman–Crippen LogP) is 0.703. The Morgan fingerprint density at radius 2 is 1.65 bits per heavy atom. The van der Waals surface area contributed by atoms with Crippen molar-refractivity contribution in [3.63, 3.8) is 0 Å². The van der Waals surface area contributed by atoms with Crippen molar-refractivity contribution in [3.05, 3.63) is 0 Å². The monoisotopic (exact) mass is 281 g/mol. The number of likely N-dealkylation sites (tertiary alicyclic amines) is 2. The van der Waals surface area contributed by atoms with Gasteiger partial charge < -0.3 is 10.2 Å². The van der Waals surface area contributed by atoms with Crippen LogP contribution >= 0.6 is 0 Å². The molecule has 5 nitrogen and oxygen atoms in total. The van der Waals surface area contributed by atoms with Gasteiger partial charge in [-0.1, -0.05) is 6.92 Å². The summed E-state index contributed by atoms with van der Waals surface area (Å²) in [5.41, 5.74) is 0. The van der Waals surface area contributed by atoms with Crippen molar-refractivity contribution in [2.24, 2.45) is 11.8 Å². The molecule has 2 amide bonds. The van der Waals surface area contributed by atoms with E-state index in [1.54, 1.807) is 7.05 Å². The molecular weight excluding hydrogens is 254 g/mol. The molecule has 2 aliphatic heterocycles. The second-order valence-electron chi connectivity index (χ2n) is 6.23. The number of nitrogens with one attached hydrogen (secondary N) is 1. The standard InChI is InChI=1S/C15H27N3O2/c1-12-3-9-18(10-4-12)14(19)11-17-7-5-13(6-8-17)15(20)16-2/h12-13H,3-11H2,1-2H3,(H,16,20). The van der Waals surface area contributed by atoms with Gasteiger partial charge in [-0.3, -0.25) is 14.5 Å². The number of rotatable bonds is 3. The van der Waals surface area contributed by atoms with Crippen LogP contribution in [0, 0.1) is 11.8 Å². The summed E-state index contributed by atoms with van der Waals surface area (Å²) in [7, 11) is 1.69. The first kappa shape index (κ1) is 15.3. The maximum atomic E-state index is 12.2. The summed E-state index contributed by atoms with van der Waals surface area (Å²) in [6.45, 7) is 6.31. The third-order valence-electron chi connectivity index (χ3n) is 4.70. The summed E-state index contributed by atoms with van der Waals surface area (Å²) in [5.74, 6) is 1.28. The Hall–Kier alpha value is -1.10. The van der Waals surface area contributed by atoms with E-state index in [4.69, 9.17) is 0 Å². The van der Waals surface area contributed by atoms with Crippen LogP contribution in [0.2, 0.25) is 0 Å². The zero-order valence-corrected chi connectivity index (χ0v) is 12.7. The van der Waals surface area contributed by atoms with Crippen LogP contribution in [0.25, 0.3) is 0 Å². The van der Waals surface area contributed by atoms with Crippen molar-refractivity contribution in [3.8, 4) is 0 Å². The molecule has 0 radical (unpaired) electrons. The van der Waals surface area contributed by atoms with Gasteiger partial charge in [0, 0.05) is 26.1 Å². The molecule has 0 aromatic rings. The zero-order valence-electron chi connectivity index (χ0n) is 12.7. The van der Waals surface area contributed by atoms with E-state index in [9.17, 15) is 9.59 Å². The molecule has 2 rings (SSSR count). The molecule has 0 aliphatic carbocycles. The van der Waals surface area contributed by atoms with Gasteiger partial charge in [0.2, 0.25) is 11.8 Å². The second kappa shape index (κ2) is 7.07. The number of amides is 2. The molecule has 2 heterocycles. The van der Waals surface area contributed by atoms with Crippen molar-refractivity contribution in [1.82, 2.24) is 15.1 Å². The molecule has 0 aromatic carbocycles. The highest BCUT2D eigenvalue weighted by Crippen LogP contribution is 2.19. The molecule has 2 saturated heterocycles. The van der Waals surface area contributed by atoms with Gasteiger partial charge in [0.05, 0.1) is 6.54 Å². The van der Waals surface area contributed by atoms with Crippen LogP contribution < -0.4 is 5.32 Å². The smallest absolute Gasteiger partial charge is 0.236 e. The molecule has 0 spiro atoms. The SMILES string of the molecule is CNC(=O)C1CCN(CC(=O)N2CCC(C)CC2)CC1. The van der Waals surface area contributed by atoms with Crippen molar-refractivity contribution < 1.29 is 9.59 Å². The summed E-state index contributed by atoms with van der Waals surface area (Å²) in [6.07, 6.45) is 3.99. The average molecular weight is 281 g/mol. The van der Waals surface area contributed by atoms with E-state index in [1.165, 1.54) is 0 Å². The van der Waals surface area contributed by atoms with Gasteiger partial charge in [0.1, 0.15) is 0 Å². The van der Waals surface area contributed by atoms with E-state index >= 15 is 0 Å². The largest absolute Gasteiger partial charge is 0.359 e. The molecule has 0 atom stereocenters. The van der Waals surface area contributed by atoms with Crippen LogP contribution in [0.15, 0.2) is 0 Å². The molecule has 0 aromatic heterocycles. The van der Waals surface area contributed by atoms with Crippen LogP contribution in [0.1, 0.15) is 32.6 Å². The minimum absolute atomic E-state index is 0.127. The highest BCUT2D eigenvalue weighted by molar-refractivity contribution is 5.79. The average Bonchev–Trinajstić information content (AvgIpc) is 2.48. The Kier molecular flexibility index (Phi) is 5.40. The van der Waals surface area contributed by atoms with Crippen LogP contribution in [0.4, 0.5) is 0 Å². The predicted molar refractivity (Wildman–Crippen MR) is 78.2 cm³/mol. The van der Waals surface area contributed by atoms with Crippen LogP contribution in [-0.2, 0) is 9.59 Å². The summed E-state index contributed by atoms with van der Waals surface area (Å²) in [5, 5.41) is 2.71. The molecule has 20 heavy (non-hydrogen) atoms. The molecule has 0 saturated carbocycles. The van der Waals surface area contributed by atoms with E-state index in [0.29, 0.717) is 6.54 Å². The van der Waals surface area contributed by atoms with Gasteiger partial charge in [-0.2, -0.15) is 0 Å². The number of carbonyl (C=O) groups excluding carboxylic acids is 2. The second-order valence-corrected chi connectivity index (χ2v) is 6.23. The maximum absolute atomic E-state index is 12.2. The molecule has 2 fully saturated rings. The number of hydrogen-bond acceptors (Lipinski definition) is 3. The lowest BCUT2D eigenvalue weighted by molar-refractivity contribution is -0.134. The van der Waals surface area contributed by atoms with Crippen molar-refractivity contribution >= 4 is 11.8 Å². The highest BCUT2D eigenvalue weighted by Gasteiger charge is 2.27. The van der Waals surface area contributed by atoms with E-state index < -0.39 is 0 Å². The number of nitrogens with zero attached hydrogens (tertiary/aromatic N) is 2.